The maximum absolute atomic E-state index is 5.90. The second kappa shape index (κ2) is 7.38. The molecule has 0 aliphatic carbocycles. The van der Waals surface area contributed by atoms with Crippen molar-refractivity contribution in [3.05, 3.63) is 45.8 Å². The molecule has 0 fully saturated rings. The number of aromatic nitrogens is 3. The minimum atomic E-state index is 0.0551. The molecule has 1 heterocycles. The van der Waals surface area contributed by atoms with Crippen LogP contribution in [0.25, 0.3) is 0 Å². The maximum atomic E-state index is 5.90. The van der Waals surface area contributed by atoms with Crippen LogP contribution in [-0.2, 0) is 17.9 Å². The number of anilines is 1. The Labute approximate surface area is 127 Å². The number of rotatable bonds is 6. The van der Waals surface area contributed by atoms with Gasteiger partial charge < -0.3 is 10.1 Å². The molecular weight excluding hydrogens is 299 g/mol. The molecule has 0 saturated heterocycles. The first kappa shape index (κ1) is 15.0. The highest BCUT2D eigenvalue weighted by Crippen LogP contribution is 2.18. The van der Waals surface area contributed by atoms with Crippen LogP contribution in [0, 0.1) is 0 Å². The van der Waals surface area contributed by atoms with Crippen molar-refractivity contribution in [2.24, 2.45) is 0 Å². The molecule has 1 aromatic heterocycles. The predicted octanol–water partition coefficient (Wildman–Crippen LogP) is 3.33. The van der Waals surface area contributed by atoms with Gasteiger partial charge in [0.05, 0.1) is 6.61 Å². The van der Waals surface area contributed by atoms with Crippen molar-refractivity contribution >= 4 is 29.0 Å². The summed E-state index contributed by atoms with van der Waals surface area (Å²) in [6.45, 7) is 3.77. The molecule has 0 spiro atoms. The zero-order valence-corrected chi connectivity index (χ0v) is 12.4. The Bertz CT molecular complexity index is 580. The van der Waals surface area contributed by atoms with Gasteiger partial charge in [-0.3, -0.25) is 0 Å². The number of benzene rings is 1. The first-order valence-electron chi connectivity index (χ1n) is 6.14. The Morgan fingerprint density at radius 1 is 1.15 bits per heavy atom. The summed E-state index contributed by atoms with van der Waals surface area (Å²) in [5, 5.41) is 10.6. The Kier molecular flexibility index (Phi) is 5.52. The van der Waals surface area contributed by atoms with E-state index in [4.69, 9.17) is 27.9 Å². The lowest BCUT2D eigenvalue weighted by Gasteiger charge is -2.11. The molecule has 0 atom stereocenters. The van der Waals surface area contributed by atoms with Crippen molar-refractivity contribution in [3.63, 3.8) is 0 Å². The summed E-state index contributed by atoms with van der Waals surface area (Å²) in [6, 6.07) is 8.00. The standard InChI is InChI=1S/C13H14Cl2N4O/c1-2-20-8-10-6-4-3-5-9(10)7-16-12-11(14)18-19-13(15)17-12/h3-6H,2,7-8H2,1H3,(H,16,17,19). The van der Waals surface area contributed by atoms with Crippen LogP contribution in [0.5, 0.6) is 0 Å². The predicted molar refractivity (Wildman–Crippen MR) is 78.9 cm³/mol. The van der Waals surface area contributed by atoms with Gasteiger partial charge in [0.15, 0.2) is 11.0 Å². The minimum Gasteiger partial charge on any atom is -0.377 e. The normalized spacial score (nSPS) is 10.6. The lowest BCUT2D eigenvalue weighted by atomic mass is 10.1. The van der Waals surface area contributed by atoms with E-state index < -0.39 is 0 Å². The number of nitrogens with zero attached hydrogens (tertiary/aromatic N) is 3. The highest BCUT2D eigenvalue weighted by atomic mass is 35.5. The zero-order chi connectivity index (χ0) is 14.4. The largest absolute Gasteiger partial charge is 0.377 e. The van der Waals surface area contributed by atoms with E-state index in [1.165, 1.54) is 0 Å². The van der Waals surface area contributed by atoms with Crippen LogP contribution in [0.1, 0.15) is 18.1 Å². The van der Waals surface area contributed by atoms with Gasteiger partial charge in [0, 0.05) is 13.2 Å². The average Bonchev–Trinajstić information content (AvgIpc) is 2.47. The molecule has 5 nitrogen and oxygen atoms in total. The maximum Gasteiger partial charge on any atom is 0.245 e. The molecule has 2 aromatic rings. The average molecular weight is 313 g/mol. The van der Waals surface area contributed by atoms with Gasteiger partial charge >= 0.3 is 0 Å². The fourth-order valence-electron chi connectivity index (χ4n) is 1.67. The quantitative estimate of drug-likeness (QED) is 0.886. The Balaban J connectivity index is 2.08. The van der Waals surface area contributed by atoms with Crippen molar-refractivity contribution in [1.29, 1.82) is 0 Å². The molecule has 0 radical (unpaired) electrons. The molecule has 0 unspecified atom stereocenters. The molecular formula is C13H14Cl2N4O. The fraction of sp³-hybridized carbons (Fsp3) is 0.308. The summed E-state index contributed by atoms with van der Waals surface area (Å²) in [7, 11) is 0. The third-order valence-corrected chi connectivity index (χ3v) is 3.06. The van der Waals surface area contributed by atoms with Crippen LogP contribution in [0.2, 0.25) is 10.4 Å². The summed E-state index contributed by atoms with van der Waals surface area (Å²) in [5.41, 5.74) is 2.22. The van der Waals surface area contributed by atoms with E-state index in [1.807, 2.05) is 31.2 Å². The van der Waals surface area contributed by atoms with E-state index in [9.17, 15) is 0 Å². The fourth-order valence-corrected chi connectivity index (χ4v) is 1.94. The van der Waals surface area contributed by atoms with E-state index in [0.717, 1.165) is 11.1 Å². The number of hydrogen-bond acceptors (Lipinski definition) is 5. The van der Waals surface area contributed by atoms with Gasteiger partial charge in [0.2, 0.25) is 5.28 Å². The highest BCUT2D eigenvalue weighted by Gasteiger charge is 2.07. The molecule has 0 aliphatic heterocycles. The lowest BCUT2D eigenvalue weighted by Crippen LogP contribution is -2.07. The molecule has 0 bridgehead atoms. The highest BCUT2D eigenvalue weighted by molar-refractivity contribution is 6.32. The molecule has 2 rings (SSSR count). The van der Waals surface area contributed by atoms with Crippen molar-refractivity contribution in [2.75, 3.05) is 11.9 Å². The molecule has 7 heteroatoms. The number of hydrogen-bond donors (Lipinski definition) is 1. The third kappa shape index (κ3) is 4.03. The van der Waals surface area contributed by atoms with Crippen molar-refractivity contribution in [1.82, 2.24) is 15.2 Å². The first-order chi connectivity index (χ1) is 9.70. The summed E-state index contributed by atoms with van der Waals surface area (Å²) in [6.07, 6.45) is 0. The first-order valence-corrected chi connectivity index (χ1v) is 6.90. The van der Waals surface area contributed by atoms with Crippen LogP contribution in [0.4, 0.5) is 5.82 Å². The van der Waals surface area contributed by atoms with E-state index in [0.29, 0.717) is 25.6 Å². The molecule has 106 valence electrons. The van der Waals surface area contributed by atoms with E-state index in [1.54, 1.807) is 0 Å². The van der Waals surface area contributed by atoms with Gasteiger partial charge in [-0.05, 0) is 29.7 Å². The number of halogens is 2. The molecule has 0 amide bonds. The second-order valence-electron chi connectivity index (χ2n) is 3.98. The van der Waals surface area contributed by atoms with Crippen LogP contribution >= 0.6 is 23.2 Å². The van der Waals surface area contributed by atoms with Gasteiger partial charge in [0.1, 0.15) is 0 Å². The SMILES string of the molecule is CCOCc1ccccc1CNc1nc(Cl)nnc1Cl. The summed E-state index contributed by atoms with van der Waals surface area (Å²) in [5.74, 6) is 0.415. The van der Waals surface area contributed by atoms with E-state index >= 15 is 0 Å². The van der Waals surface area contributed by atoms with Crippen LogP contribution < -0.4 is 5.32 Å². The van der Waals surface area contributed by atoms with Crippen LogP contribution in [0.3, 0.4) is 0 Å². The summed E-state index contributed by atoms with van der Waals surface area (Å²) >= 11 is 11.6. The topological polar surface area (TPSA) is 59.9 Å². The van der Waals surface area contributed by atoms with Gasteiger partial charge in [0.25, 0.3) is 0 Å². The van der Waals surface area contributed by atoms with Crippen molar-refractivity contribution in [3.8, 4) is 0 Å². The molecule has 0 aliphatic rings. The minimum absolute atomic E-state index is 0.0551. The zero-order valence-electron chi connectivity index (χ0n) is 10.9. The Morgan fingerprint density at radius 2 is 1.90 bits per heavy atom. The Morgan fingerprint density at radius 3 is 2.65 bits per heavy atom. The monoisotopic (exact) mass is 312 g/mol. The van der Waals surface area contributed by atoms with Gasteiger partial charge in [-0.2, -0.15) is 4.98 Å². The summed E-state index contributed by atoms with van der Waals surface area (Å²) in [4.78, 5) is 4.00. The van der Waals surface area contributed by atoms with Gasteiger partial charge in [-0.15, -0.1) is 10.2 Å². The smallest absolute Gasteiger partial charge is 0.245 e. The molecule has 1 aromatic carbocycles. The van der Waals surface area contributed by atoms with Crippen molar-refractivity contribution < 1.29 is 4.74 Å². The van der Waals surface area contributed by atoms with Crippen LogP contribution in [-0.4, -0.2) is 21.8 Å². The van der Waals surface area contributed by atoms with E-state index in [-0.39, 0.29) is 10.4 Å². The third-order valence-electron chi connectivity index (χ3n) is 2.65. The molecule has 20 heavy (non-hydrogen) atoms. The second-order valence-corrected chi connectivity index (χ2v) is 4.68. The number of nitrogens with one attached hydrogen (secondary N) is 1. The van der Waals surface area contributed by atoms with Gasteiger partial charge in [-0.1, -0.05) is 35.9 Å². The molecule has 0 saturated carbocycles. The lowest BCUT2D eigenvalue weighted by molar-refractivity contribution is 0.133. The van der Waals surface area contributed by atoms with Crippen LogP contribution in [0.15, 0.2) is 24.3 Å². The Hall–Kier alpha value is -1.43. The summed E-state index contributed by atoms with van der Waals surface area (Å²) < 4.78 is 5.44. The van der Waals surface area contributed by atoms with Gasteiger partial charge in [-0.25, -0.2) is 0 Å². The molecule has 1 N–H and O–H groups in total. The van der Waals surface area contributed by atoms with Crippen molar-refractivity contribution in [2.45, 2.75) is 20.1 Å². The number of ether oxygens (including phenoxy) is 1. The van der Waals surface area contributed by atoms with E-state index in [2.05, 4.69) is 20.5 Å².